The second kappa shape index (κ2) is 9.21. The number of hydrogen-bond donors (Lipinski definition) is 2. The topological polar surface area (TPSA) is 84.5 Å². The summed E-state index contributed by atoms with van der Waals surface area (Å²) in [7, 11) is -3.37. The molecule has 1 aliphatic rings. The quantitative estimate of drug-likeness (QED) is 0.763. The summed E-state index contributed by atoms with van der Waals surface area (Å²) in [5, 5.41) is 6.06. The van der Waals surface area contributed by atoms with Gasteiger partial charge in [0.15, 0.2) is 9.84 Å². The van der Waals surface area contributed by atoms with E-state index in [-0.39, 0.29) is 34.9 Å². The molecule has 1 heterocycles. The Kier molecular flexibility index (Phi) is 7.24. The van der Waals surface area contributed by atoms with Crippen molar-refractivity contribution in [3.05, 3.63) is 48.5 Å². The molecule has 6 nitrogen and oxygen atoms in total. The van der Waals surface area contributed by atoms with Crippen LogP contribution >= 0.6 is 12.4 Å². The van der Waals surface area contributed by atoms with Crippen molar-refractivity contribution in [1.29, 1.82) is 0 Å². The van der Waals surface area contributed by atoms with Crippen LogP contribution in [0.3, 0.4) is 0 Å². The third kappa shape index (κ3) is 5.22. The lowest BCUT2D eigenvalue weighted by atomic mass is 10.1. The van der Waals surface area contributed by atoms with Crippen LogP contribution in [0.2, 0.25) is 0 Å². The summed E-state index contributed by atoms with van der Waals surface area (Å²) in [6.45, 7) is 3.17. The third-order valence-corrected chi connectivity index (χ3v) is 6.11. The molecule has 1 unspecified atom stereocenters. The van der Waals surface area contributed by atoms with Crippen molar-refractivity contribution in [1.82, 2.24) is 5.32 Å². The maximum atomic E-state index is 12.2. The minimum atomic E-state index is -3.37. The van der Waals surface area contributed by atoms with Gasteiger partial charge in [0.2, 0.25) is 5.91 Å². The van der Waals surface area contributed by atoms with E-state index in [1.54, 1.807) is 55.5 Å². The Bertz CT molecular complexity index is 879. The lowest BCUT2D eigenvalue weighted by Crippen LogP contribution is -2.24. The largest absolute Gasteiger partial charge is 0.456 e. The van der Waals surface area contributed by atoms with E-state index < -0.39 is 9.84 Å². The van der Waals surface area contributed by atoms with E-state index >= 15 is 0 Å². The molecule has 1 saturated heterocycles. The minimum Gasteiger partial charge on any atom is -0.456 e. The van der Waals surface area contributed by atoms with E-state index in [2.05, 4.69) is 10.6 Å². The van der Waals surface area contributed by atoms with Crippen molar-refractivity contribution >= 4 is 33.8 Å². The summed E-state index contributed by atoms with van der Waals surface area (Å²) in [5.41, 5.74) is 0.684. The fourth-order valence-electron chi connectivity index (χ4n) is 2.80. The van der Waals surface area contributed by atoms with Crippen molar-refractivity contribution in [3.8, 4) is 11.5 Å². The summed E-state index contributed by atoms with van der Waals surface area (Å²) >= 11 is 0. The van der Waals surface area contributed by atoms with Crippen molar-refractivity contribution in [2.24, 2.45) is 5.92 Å². The van der Waals surface area contributed by atoms with Gasteiger partial charge < -0.3 is 15.4 Å². The fraction of sp³-hybridized carbons (Fsp3) is 0.316. The van der Waals surface area contributed by atoms with Crippen molar-refractivity contribution in [2.45, 2.75) is 18.2 Å². The average Bonchev–Trinajstić information content (AvgIpc) is 3.18. The summed E-state index contributed by atoms with van der Waals surface area (Å²) in [6, 6.07) is 13.5. The highest BCUT2D eigenvalue weighted by molar-refractivity contribution is 7.91. The SMILES string of the molecule is CCS(=O)(=O)c1ccccc1Oc1ccc(NC(=O)C2CCNC2)cc1.Cl. The van der Waals surface area contributed by atoms with Crippen LogP contribution in [0.4, 0.5) is 5.69 Å². The molecule has 0 bridgehead atoms. The molecule has 146 valence electrons. The minimum absolute atomic E-state index is 0. The number of carbonyl (C=O) groups excluding carboxylic acids is 1. The Morgan fingerprint density at radius 3 is 2.52 bits per heavy atom. The molecule has 2 aromatic carbocycles. The van der Waals surface area contributed by atoms with Crippen molar-refractivity contribution in [3.63, 3.8) is 0 Å². The van der Waals surface area contributed by atoms with Gasteiger partial charge in [-0.3, -0.25) is 4.79 Å². The first-order chi connectivity index (χ1) is 12.5. The summed E-state index contributed by atoms with van der Waals surface area (Å²) in [5.74, 6) is 0.807. The molecule has 1 atom stereocenters. The average molecular weight is 411 g/mol. The number of amides is 1. The van der Waals surface area contributed by atoms with E-state index in [0.717, 1.165) is 13.0 Å². The summed E-state index contributed by atoms with van der Waals surface area (Å²) < 4.78 is 30.1. The van der Waals surface area contributed by atoms with Crippen LogP contribution in [0.5, 0.6) is 11.5 Å². The normalized spacial score (nSPS) is 16.4. The molecule has 1 fully saturated rings. The van der Waals surface area contributed by atoms with Gasteiger partial charge in [-0.25, -0.2) is 8.42 Å². The number of carbonyl (C=O) groups is 1. The van der Waals surface area contributed by atoms with E-state index in [0.29, 0.717) is 23.7 Å². The van der Waals surface area contributed by atoms with Gasteiger partial charge >= 0.3 is 0 Å². The smallest absolute Gasteiger partial charge is 0.228 e. The first-order valence-electron chi connectivity index (χ1n) is 8.61. The molecule has 2 N–H and O–H groups in total. The first-order valence-corrected chi connectivity index (χ1v) is 10.3. The van der Waals surface area contributed by atoms with Gasteiger partial charge in [0.1, 0.15) is 16.4 Å². The van der Waals surface area contributed by atoms with Crippen molar-refractivity contribution < 1.29 is 17.9 Å². The lowest BCUT2D eigenvalue weighted by Gasteiger charge is -2.12. The zero-order chi connectivity index (χ0) is 18.6. The first kappa shape index (κ1) is 21.2. The zero-order valence-corrected chi connectivity index (χ0v) is 16.6. The summed E-state index contributed by atoms with van der Waals surface area (Å²) in [6.07, 6.45) is 0.843. The second-order valence-corrected chi connectivity index (χ2v) is 8.40. The molecule has 0 saturated carbocycles. The van der Waals surface area contributed by atoms with E-state index in [1.807, 2.05) is 0 Å². The van der Waals surface area contributed by atoms with Crippen LogP contribution in [0.25, 0.3) is 0 Å². The van der Waals surface area contributed by atoms with Gasteiger partial charge in [0, 0.05) is 12.2 Å². The maximum absolute atomic E-state index is 12.2. The van der Waals surface area contributed by atoms with Gasteiger partial charge in [-0.2, -0.15) is 0 Å². The molecule has 0 aliphatic carbocycles. The number of benzene rings is 2. The van der Waals surface area contributed by atoms with E-state index in [9.17, 15) is 13.2 Å². The Labute approximate surface area is 165 Å². The third-order valence-electron chi connectivity index (χ3n) is 4.35. The number of ether oxygens (including phenoxy) is 1. The Morgan fingerprint density at radius 2 is 1.89 bits per heavy atom. The Balaban J connectivity index is 0.00000261. The van der Waals surface area contributed by atoms with Crippen LogP contribution in [-0.4, -0.2) is 33.2 Å². The molecule has 2 aromatic rings. The fourth-order valence-corrected chi connectivity index (χ4v) is 3.82. The molecular formula is C19H23ClN2O4S. The molecule has 0 aromatic heterocycles. The predicted molar refractivity (Wildman–Crippen MR) is 108 cm³/mol. The Morgan fingerprint density at radius 1 is 1.19 bits per heavy atom. The predicted octanol–water partition coefficient (Wildman–Crippen LogP) is 3.24. The van der Waals surface area contributed by atoms with Crippen LogP contribution in [0, 0.1) is 5.92 Å². The maximum Gasteiger partial charge on any atom is 0.228 e. The monoisotopic (exact) mass is 410 g/mol. The number of halogens is 1. The van der Waals surface area contributed by atoms with Crippen molar-refractivity contribution in [2.75, 3.05) is 24.2 Å². The van der Waals surface area contributed by atoms with E-state index in [1.165, 1.54) is 0 Å². The lowest BCUT2D eigenvalue weighted by molar-refractivity contribution is -0.119. The molecule has 3 rings (SSSR count). The van der Waals surface area contributed by atoms with Gasteiger partial charge in [-0.05, 0) is 49.4 Å². The highest BCUT2D eigenvalue weighted by Gasteiger charge is 2.22. The number of para-hydroxylation sites is 1. The molecule has 8 heteroatoms. The molecule has 0 radical (unpaired) electrons. The number of hydrogen-bond acceptors (Lipinski definition) is 5. The number of rotatable bonds is 6. The van der Waals surface area contributed by atoms with Gasteiger partial charge in [-0.15, -0.1) is 12.4 Å². The van der Waals surface area contributed by atoms with Crippen LogP contribution in [0.1, 0.15) is 13.3 Å². The van der Waals surface area contributed by atoms with Gasteiger partial charge in [-0.1, -0.05) is 19.1 Å². The highest BCUT2D eigenvalue weighted by atomic mass is 35.5. The zero-order valence-electron chi connectivity index (χ0n) is 15.0. The molecule has 0 spiro atoms. The second-order valence-electron chi connectivity index (χ2n) is 6.16. The summed E-state index contributed by atoms with van der Waals surface area (Å²) in [4.78, 5) is 12.3. The molecule has 1 aliphatic heterocycles. The van der Waals surface area contributed by atoms with E-state index in [4.69, 9.17) is 4.74 Å². The van der Waals surface area contributed by atoms with Crippen LogP contribution in [0.15, 0.2) is 53.4 Å². The molecular weight excluding hydrogens is 388 g/mol. The standard InChI is InChI=1S/C19H22N2O4S.ClH/c1-2-26(23,24)18-6-4-3-5-17(18)25-16-9-7-15(8-10-16)21-19(22)14-11-12-20-13-14;/h3-10,14,20H,2,11-13H2,1H3,(H,21,22);1H. The highest BCUT2D eigenvalue weighted by Crippen LogP contribution is 2.30. The molecule has 1 amide bonds. The van der Waals surface area contributed by atoms with Gasteiger partial charge in [0.25, 0.3) is 0 Å². The number of nitrogens with one attached hydrogen (secondary N) is 2. The van der Waals surface area contributed by atoms with Crippen LogP contribution < -0.4 is 15.4 Å². The number of anilines is 1. The molecule has 27 heavy (non-hydrogen) atoms. The van der Waals surface area contributed by atoms with Gasteiger partial charge in [0.05, 0.1) is 11.7 Å². The van der Waals surface area contributed by atoms with Crippen LogP contribution in [-0.2, 0) is 14.6 Å². The number of sulfone groups is 1. The Hall–Kier alpha value is -2.09.